The van der Waals surface area contributed by atoms with Crippen molar-refractivity contribution < 1.29 is 14.6 Å². The molecule has 1 rings (SSSR count). The van der Waals surface area contributed by atoms with E-state index in [9.17, 15) is 4.79 Å². The fraction of sp³-hybridized carbons (Fsp3) is 0.462. The van der Waals surface area contributed by atoms with Gasteiger partial charge in [0, 0.05) is 6.54 Å². The summed E-state index contributed by atoms with van der Waals surface area (Å²) in [6.07, 6.45) is 0. The van der Waals surface area contributed by atoms with Crippen LogP contribution in [0.2, 0.25) is 0 Å². The second-order valence-corrected chi connectivity index (χ2v) is 3.83. The zero-order valence-corrected chi connectivity index (χ0v) is 10.3. The number of aliphatic hydroxyl groups is 1. The van der Waals surface area contributed by atoms with Gasteiger partial charge < -0.3 is 15.2 Å². The third-order valence-electron chi connectivity index (χ3n) is 2.46. The molecular formula is C13H19NO3. The Morgan fingerprint density at radius 3 is 2.47 bits per heavy atom. The summed E-state index contributed by atoms with van der Waals surface area (Å²) in [5.41, 5.74) is 1.95. The minimum Gasteiger partial charge on any atom is -0.465 e. The molecule has 0 fully saturated rings. The Hall–Kier alpha value is -1.39. The fourth-order valence-corrected chi connectivity index (χ4v) is 1.38. The number of carbonyl (C=O) groups excluding carboxylic acids is 1. The molecule has 2 N–H and O–H groups in total. The SMILES string of the molecule is CCOC(=O)C(C)NCc1ccc(CO)cc1. The van der Waals surface area contributed by atoms with E-state index in [1.807, 2.05) is 24.3 Å². The molecule has 17 heavy (non-hydrogen) atoms. The van der Waals surface area contributed by atoms with E-state index in [-0.39, 0.29) is 18.6 Å². The smallest absolute Gasteiger partial charge is 0.322 e. The minimum absolute atomic E-state index is 0.0485. The number of carbonyl (C=O) groups is 1. The third kappa shape index (κ3) is 4.54. The summed E-state index contributed by atoms with van der Waals surface area (Å²) in [5.74, 6) is -0.237. The number of esters is 1. The van der Waals surface area contributed by atoms with Gasteiger partial charge in [0.05, 0.1) is 13.2 Å². The van der Waals surface area contributed by atoms with E-state index < -0.39 is 0 Å². The molecule has 1 aromatic carbocycles. The Morgan fingerprint density at radius 1 is 1.35 bits per heavy atom. The number of benzene rings is 1. The number of rotatable bonds is 6. The highest BCUT2D eigenvalue weighted by Crippen LogP contribution is 2.04. The van der Waals surface area contributed by atoms with E-state index in [1.165, 1.54) is 0 Å². The van der Waals surface area contributed by atoms with Crippen molar-refractivity contribution in [2.75, 3.05) is 6.61 Å². The van der Waals surface area contributed by atoms with Gasteiger partial charge in [0.1, 0.15) is 6.04 Å². The van der Waals surface area contributed by atoms with Crippen molar-refractivity contribution in [2.24, 2.45) is 0 Å². The average Bonchev–Trinajstić information content (AvgIpc) is 2.36. The lowest BCUT2D eigenvalue weighted by Crippen LogP contribution is -2.34. The summed E-state index contributed by atoms with van der Waals surface area (Å²) in [5, 5.41) is 12.0. The molecular weight excluding hydrogens is 218 g/mol. The second-order valence-electron chi connectivity index (χ2n) is 3.83. The Bertz CT molecular complexity index is 348. The van der Waals surface area contributed by atoms with Gasteiger partial charge in [0.25, 0.3) is 0 Å². The number of hydrogen-bond donors (Lipinski definition) is 2. The predicted octanol–water partition coefficient (Wildman–Crippen LogP) is 1.22. The highest BCUT2D eigenvalue weighted by molar-refractivity contribution is 5.75. The van der Waals surface area contributed by atoms with Crippen molar-refractivity contribution >= 4 is 5.97 Å². The summed E-state index contributed by atoms with van der Waals surface area (Å²) < 4.78 is 4.89. The maximum atomic E-state index is 11.3. The normalized spacial score (nSPS) is 12.2. The highest BCUT2D eigenvalue weighted by Gasteiger charge is 2.12. The van der Waals surface area contributed by atoms with Crippen LogP contribution in [0.5, 0.6) is 0 Å². The molecule has 0 saturated heterocycles. The van der Waals surface area contributed by atoms with Gasteiger partial charge in [-0.3, -0.25) is 4.79 Å². The van der Waals surface area contributed by atoms with Crippen LogP contribution in [0.3, 0.4) is 0 Å². The van der Waals surface area contributed by atoms with Crippen LogP contribution in [0.25, 0.3) is 0 Å². The standard InChI is InChI=1S/C13H19NO3/c1-3-17-13(16)10(2)14-8-11-4-6-12(9-15)7-5-11/h4-7,10,14-15H,3,8-9H2,1-2H3. The van der Waals surface area contributed by atoms with E-state index >= 15 is 0 Å². The van der Waals surface area contributed by atoms with Crippen molar-refractivity contribution in [2.45, 2.75) is 33.0 Å². The van der Waals surface area contributed by atoms with Gasteiger partial charge in [-0.05, 0) is 25.0 Å². The molecule has 4 nitrogen and oxygen atoms in total. The minimum atomic E-state index is -0.313. The lowest BCUT2D eigenvalue weighted by molar-refractivity contribution is -0.145. The summed E-state index contributed by atoms with van der Waals surface area (Å²) in [6, 6.07) is 7.28. The van der Waals surface area contributed by atoms with E-state index in [1.54, 1.807) is 13.8 Å². The molecule has 0 aliphatic rings. The maximum absolute atomic E-state index is 11.3. The van der Waals surface area contributed by atoms with Crippen molar-refractivity contribution in [1.82, 2.24) is 5.32 Å². The molecule has 0 bridgehead atoms. The molecule has 4 heteroatoms. The van der Waals surface area contributed by atoms with Crippen LogP contribution in [0.15, 0.2) is 24.3 Å². The van der Waals surface area contributed by atoms with Gasteiger partial charge in [-0.15, -0.1) is 0 Å². The van der Waals surface area contributed by atoms with Crippen LogP contribution in [0, 0.1) is 0 Å². The number of nitrogens with one attached hydrogen (secondary N) is 1. The lowest BCUT2D eigenvalue weighted by atomic mass is 10.1. The largest absolute Gasteiger partial charge is 0.465 e. The first-order valence-electron chi connectivity index (χ1n) is 5.76. The van der Waals surface area contributed by atoms with E-state index in [2.05, 4.69) is 5.32 Å². The summed E-state index contributed by atoms with van der Waals surface area (Å²) in [7, 11) is 0. The van der Waals surface area contributed by atoms with Crippen molar-refractivity contribution in [3.63, 3.8) is 0 Å². The topological polar surface area (TPSA) is 58.6 Å². The molecule has 0 radical (unpaired) electrons. The second kappa shape index (κ2) is 7.04. The van der Waals surface area contributed by atoms with Crippen LogP contribution in [0.1, 0.15) is 25.0 Å². The molecule has 0 heterocycles. The predicted molar refractivity (Wildman–Crippen MR) is 65.3 cm³/mol. The van der Waals surface area contributed by atoms with Gasteiger partial charge in [0.15, 0.2) is 0 Å². The Balaban J connectivity index is 2.41. The summed E-state index contributed by atoms with van der Waals surface area (Å²) >= 11 is 0. The van der Waals surface area contributed by atoms with E-state index in [0.29, 0.717) is 13.2 Å². The van der Waals surface area contributed by atoms with E-state index in [0.717, 1.165) is 11.1 Å². The van der Waals surface area contributed by atoms with Crippen LogP contribution in [-0.2, 0) is 22.7 Å². The molecule has 94 valence electrons. The molecule has 1 unspecified atom stereocenters. The first kappa shape index (κ1) is 13.7. The van der Waals surface area contributed by atoms with Crippen LogP contribution in [-0.4, -0.2) is 23.7 Å². The van der Waals surface area contributed by atoms with Crippen molar-refractivity contribution in [3.8, 4) is 0 Å². The van der Waals surface area contributed by atoms with Gasteiger partial charge in [-0.1, -0.05) is 24.3 Å². The zero-order chi connectivity index (χ0) is 12.7. The van der Waals surface area contributed by atoms with E-state index in [4.69, 9.17) is 9.84 Å². The first-order valence-corrected chi connectivity index (χ1v) is 5.76. The van der Waals surface area contributed by atoms with Gasteiger partial charge in [0.2, 0.25) is 0 Å². The molecule has 1 aromatic rings. The molecule has 0 aliphatic heterocycles. The lowest BCUT2D eigenvalue weighted by Gasteiger charge is -2.12. The van der Waals surface area contributed by atoms with Crippen LogP contribution >= 0.6 is 0 Å². The molecule has 0 amide bonds. The Morgan fingerprint density at radius 2 is 1.94 bits per heavy atom. The quantitative estimate of drug-likeness (QED) is 0.730. The molecule has 0 spiro atoms. The summed E-state index contributed by atoms with van der Waals surface area (Å²) in [6.45, 7) is 4.62. The van der Waals surface area contributed by atoms with Crippen LogP contribution in [0.4, 0.5) is 0 Å². The first-order chi connectivity index (χ1) is 8.17. The van der Waals surface area contributed by atoms with Gasteiger partial charge in [-0.2, -0.15) is 0 Å². The molecule has 1 atom stereocenters. The molecule has 0 aromatic heterocycles. The monoisotopic (exact) mass is 237 g/mol. The van der Waals surface area contributed by atoms with Crippen molar-refractivity contribution in [1.29, 1.82) is 0 Å². The Labute approximate surface area is 102 Å². The van der Waals surface area contributed by atoms with Gasteiger partial charge >= 0.3 is 5.97 Å². The number of aliphatic hydroxyl groups excluding tert-OH is 1. The average molecular weight is 237 g/mol. The molecule has 0 saturated carbocycles. The van der Waals surface area contributed by atoms with Crippen LogP contribution < -0.4 is 5.32 Å². The summed E-state index contributed by atoms with van der Waals surface area (Å²) in [4.78, 5) is 11.3. The third-order valence-corrected chi connectivity index (χ3v) is 2.46. The maximum Gasteiger partial charge on any atom is 0.322 e. The number of ether oxygens (including phenoxy) is 1. The highest BCUT2D eigenvalue weighted by atomic mass is 16.5. The molecule has 0 aliphatic carbocycles. The fourth-order valence-electron chi connectivity index (χ4n) is 1.38. The van der Waals surface area contributed by atoms with Crippen molar-refractivity contribution in [3.05, 3.63) is 35.4 Å². The zero-order valence-electron chi connectivity index (χ0n) is 10.3. The van der Waals surface area contributed by atoms with Gasteiger partial charge in [-0.25, -0.2) is 0 Å². The number of hydrogen-bond acceptors (Lipinski definition) is 4. The Kier molecular flexibility index (Phi) is 5.66.